The van der Waals surface area contributed by atoms with Crippen LogP contribution in [-0.2, 0) is 11.2 Å². The fraction of sp³-hybridized carbons (Fsp3) is 0.600. The van der Waals surface area contributed by atoms with Gasteiger partial charge in [-0.1, -0.05) is 37.8 Å². The smallest absolute Gasteiger partial charge is 0.191 e. The molecule has 1 aromatic heterocycles. The van der Waals surface area contributed by atoms with E-state index in [1.807, 2.05) is 24.3 Å². The predicted molar refractivity (Wildman–Crippen MR) is 122 cm³/mol. The second kappa shape index (κ2) is 12.2. The number of H-pyrrole nitrogens is 1. The summed E-state index contributed by atoms with van der Waals surface area (Å²) in [6.07, 6.45) is 9.04. The molecule has 1 aromatic carbocycles. The Bertz CT molecular complexity index is 661. The summed E-state index contributed by atoms with van der Waals surface area (Å²) in [5.74, 6) is 1.80. The van der Waals surface area contributed by atoms with E-state index >= 15 is 0 Å². The number of aromatic amines is 1. The minimum absolute atomic E-state index is 0. The lowest BCUT2D eigenvalue weighted by Gasteiger charge is -2.16. The number of rotatable bonds is 7. The van der Waals surface area contributed by atoms with Crippen LogP contribution in [0.25, 0.3) is 11.0 Å². The van der Waals surface area contributed by atoms with Gasteiger partial charge in [-0.15, -0.1) is 24.0 Å². The van der Waals surface area contributed by atoms with Crippen LogP contribution in [0.5, 0.6) is 0 Å². The summed E-state index contributed by atoms with van der Waals surface area (Å²) in [7, 11) is 1.79. The van der Waals surface area contributed by atoms with E-state index in [9.17, 15) is 0 Å². The number of benzene rings is 1. The summed E-state index contributed by atoms with van der Waals surface area (Å²) in [6.45, 7) is 2.29. The van der Waals surface area contributed by atoms with Crippen molar-refractivity contribution in [2.75, 3.05) is 26.7 Å². The van der Waals surface area contributed by atoms with Crippen LogP contribution in [0.2, 0.25) is 0 Å². The van der Waals surface area contributed by atoms with Crippen LogP contribution in [0.3, 0.4) is 0 Å². The number of imidazole rings is 1. The van der Waals surface area contributed by atoms with Gasteiger partial charge in [-0.05, 0) is 25.0 Å². The van der Waals surface area contributed by atoms with Gasteiger partial charge in [-0.2, -0.15) is 0 Å². The third-order valence-corrected chi connectivity index (χ3v) is 4.87. The molecular formula is C20H32IN5O. The molecule has 27 heavy (non-hydrogen) atoms. The quantitative estimate of drug-likeness (QED) is 0.184. The van der Waals surface area contributed by atoms with Gasteiger partial charge in [0.05, 0.1) is 23.7 Å². The average Bonchev–Trinajstić information content (AvgIpc) is 2.90. The van der Waals surface area contributed by atoms with E-state index < -0.39 is 0 Å². The zero-order chi connectivity index (χ0) is 18.0. The fourth-order valence-corrected chi connectivity index (χ4v) is 3.45. The fourth-order valence-electron chi connectivity index (χ4n) is 3.45. The molecule has 0 amide bonds. The van der Waals surface area contributed by atoms with Crippen LogP contribution in [0.1, 0.15) is 44.3 Å². The zero-order valence-corrected chi connectivity index (χ0v) is 18.5. The van der Waals surface area contributed by atoms with E-state index in [0.717, 1.165) is 48.9 Å². The van der Waals surface area contributed by atoms with Crippen LogP contribution in [0.4, 0.5) is 0 Å². The first-order valence-corrected chi connectivity index (χ1v) is 9.85. The molecule has 1 fully saturated rings. The van der Waals surface area contributed by atoms with Crippen molar-refractivity contribution in [3.8, 4) is 0 Å². The Hall–Kier alpha value is -1.35. The maximum atomic E-state index is 6.01. The number of fused-ring (bicyclic) bond motifs is 1. The molecule has 0 radical (unpaired) electrons. The number of aromatic nitrogens is 2. The Kier molecular flexibility index (Phi) is 9.90. The van der Waals surface area contributed by atoms with E-state index in [1.54, 1.807) is 7.05 Å². The minimum Gasteiger partial charge on any atom is -0.376 e. The summed E-state index contributed by atoms with van der Waals surface area (Å²) in [4.78, 5) is 12.2. The van der Waals surface area contributed by atoms with Gasteiger partial charge in [-0.3, -0.25) is 4.99 Å². The zero-order valence-electron chi connectivity index (χ0n) is 16.2. The van der Waals surface area contributed by atoms with E-state index in [1.165, 1.54) is 38.5 Å². The van der Waals surface area contributed by atoms with Crippen LogP contribution < -0.4 is 10.6 Å². The van der Waals surface area contributed by atoms with E-state index in [0.29, 0.717) is 6.10 Å². The summed E-state index contributed by atoms with van der Waals surface area (Å²) >= 11 is 0. The van der Waals surface area contributed by atoms with E-state index in [4.69, 9.17) is 4.74 Å². The highest BCUT2D eigenvalue weighted by Crippen LogP contribution is 2.19. The first kappa shape index (κ1) is 21.9. The number of guanidine groups is 1. The average molecular weight is 485 g/mol. The van der Waals surface area contributed by atoms with Crippen LogP contribution in [0.15, 0.2) is 29.3 Å². The maximum absolute atomic E-state index is 6.01. The molecule has 0 aliphatic heterocycles. The molecule has 0 saturated heterocycles. The van der Waals surface area contributed by atoms with Crippen molar-refractivity contribution in [2.45, 2.75) is 51.0 Å². The number of halogens is 1. The molecule has 0 unspecified atom stereocenters. The first-order chi connectivity index (χ1) is 12.8. The first-order valence-electron chi connectivity index (χ1n) is 9.85. The lowest BCUT2D eigenvalue weighted by molar-refractivity contribution is 0.0468. The maximum Gasteiger partial charge on any atom is 0.191 e. The number of para-hydroxylation sites is 2. The molecule has 0 spiro atoms. The molecule has 3 N–H and O–H groups in total. The molecule has 7 heteroatoms. The van der Waals surface area contributed by atoms with Crippen molar-refractivity contribution in [1.82, 2.24) is 20.6 Å². The second-order valence-electron chi connectivity index (χ2n) is 6.86. The van der Waals surface area contributed by atoms with Gasteiger partial charge in [0, 0.05) is 26.6 Å². The highest BCUT2D eigenvalue weighted by Gasteiger charge is 2.12. The number of hydrogen-bond acceptors (Lipinski definition) is 3. The highest BCUT2D eigenvalue weighted by molar-refractivity contribution is 14.0. The van der Waals surface area contributed by atoms with Crippen molar-refractivity contribution in [3.63, 3.8) is 0 Å². The third-order valence-electron chi connectivity index (χ3n) is 4.87. The monoisotopic (exact) mass is 485 g/mol. The van der Waals surface area contributed by atoms with Gasteiger partial charge in [0.1, 0.15) is 5.82 Å². The van der Waals surface area contributed by atoms with Crippen molar-refractivity contribution in [2.24, 2.45) is 4.99 Å². The lowest BCUT2D eigenvalue weighted by atomic mass is 10.1. The Labute approximate surface area is 179 Å². The Morgan fingerprint density at radius 1 is 1.15 bits per heavy atom. The van der Waals surface area contributed by atoms with Gasteiger partial charge in [0.25, 0.3) is 0 Å². The molecule has 1 heterocycles. The molecule has 6 nitrogen and oxygen atoms in total. The summed E-state index contributed by atoms with van der Waals surface area (Å²) < 4.78 is 6.01. The van der Waals surface area contributed by atoms with E-state index in [2.05, 4.69) is 25.6 Å². The van der Waals surface area contributed by atoms with Crippen molar-refractivity contribution < 1.29 is 4.74 Å². The molecule has 1 aliphatic carbocycles. The van der Waals surface area contributed by atoms with Crippen LogP contribution in [0, 0.1) is 0 Å². The van der Waals surface area contributed by atoms with Crippen LogP contribution in [-0.4, -0.2) is 48.8 Å². The number of ether oxygens (including phenoxy) is 1. The standard InChI is InChI=1S/C20H31N5O.HI/c1-21-20(23-14-15-26-16-8-4-2-3-5-9-16)22-13-12-19-24-17-10-6-7-11-18(17)25-19;/h6-7,10-11,16H,2-5,8-9,12-15H2,1H3,(H,24,25)(H2,21,22,23);1H. The van der Waals surface area contributed by atoms with E-state index in [-0.39, 0.29) is 24.0 Å². The third kappa shape index (κ3) is 7.29. The summed E-state index contributed by atoms with van der Waals surface area (Å²) in [5, 5.41) is 6.65. The normalized spacial score (nSPS) is 16.0. The van der Waals surface area contributed by atoms with Gasteiger partial charge < -0.3 is 20.4 Å². The molecule has 150 valence electrons. The highest BCUT2D eigenvalue weighted by atomic mass is 127. The topological polar surface area (TPSA) is 74.3 Å². The minimum atomic E-state index is 0. The van der Waals surface area contributed by atoms with Crippen molar-refractivity contribution in [3.05, 3.63) is 30.1 Å². The number of aliphatic imine (C=N–C) groups is 1. The SMILES string of the molecule is CN=C(NCCOC1CCCCCC1)NCCc1nc2ccccc2[nH]1.I. The predicted octanol–water partition coefficient (Wildman–Crippen LogP) is 3.63. The van der Waals surface area contributed by atoms with Crippen LogP contribution >= 0.6 is 24.0 Å². The van der Waals surface area contributed by atoms with Gasteiger partial charge >= 0.3 is 0 Å². The molecule has 0 bridgehead atoms. The molecule has 2 aromatic rings. The number of hydrogen-bond donors (Lipinski definition) is 3. The molecule has 3 rings (SSSR count). The second-order valence-corrected chi connectivity index (χ2v) is 6.86. The number of nitrogens with one attached hydrogen (secondary N) is 3. The molecule has 1 aliphatic rings. The van der Waals surface area contributed by atoms with Gasteiger partial charge in [0.15, 0.2) is 5.96 Å². The number of nitrogens with zero attached hydrogens (tertiary/aromatic N) is 2. The Balaban J connectivity index is 0.00000261. The lowest BCUT2D eigenvalue weighted by Crippen LogP contribution is -2.40. The molecule has 0 atom stereocenters. The summed E-state index contributed by atoms with van der Waals surface area (Å²) in [5.41, 5.74) is 2.10. The largest absolute Gasteiger partial charge is 0.376 e. The van der Waals surface area contributed by atoms with Crippen molar-refractivity contribution >= 4 is 41.0 Å². The van der Waals surface area contributed by atoms with Gasteiger partial charge in [-0.25, -0.2) is 4.98 Å². The summed E-state index contributed by atoms with van der Waals surface area (Å²) in [6, 6.07) is 8.10. The Morgan fingerprint density at radius 3 is 2.63 bits per heavy atom. The van der Waals surface area contributed by atoms with Gasteiger partial charge in [0.2, 0.25) is 0 Å². The Morgan fingerprint density at radius 2 is 1.89 bits per heavy atom. The molecule has 1 saturated carbocycles. The van der Waals surface area contributed by atoms with Crippen molar-refractivity contribution in [1.29, 1.82) is 0 Å². The molecular weight excluding hydrogens is 453 g/mol.